The van der Waals surface area contributed by atoms with E-state index in [0.29, 0.717) is 88.1 Å². The summed E-state index contributed by atoms with van der Waals surface area (Å²) in [4.78, 5) is 49.8. The summed E-state index contributed by atoms with van der Waals surface area (Å²) in [6.07, 6.45) is 0. The van der Waals surface area contributed by atoms with Gasteiger partial charge in [0.1, 0.15) is 0 Å². The normalized spacial score (nSPS) is 12.4. The number of aliphatic hydroxyl groups is 2. The smallest absolute Gasteiger partial charge is 0.196 e. The van der Waals surface area contributed by atoms with E-state index in [1.54, 1.807) is 84.9 Å². The third kappa shape index (κ3) is 8.25. The standard InChI is InChI=1S/C18H17NO4.C14H7ClO2.C4H11NO2/c20-9-11-23-10-8-19-15-7-3-6-14-16(15)18(22)13-5-2-1-4-12(13)17(14)21;15-11-7-3-6-10-12(11)14(17)9-5-2-1-4-8(9)13(10)16;5-1-3-7-4-2-6/h1-7,19-20H,8-11H2;1-7H;6H,1-5H2. The van der Waals surface area contributed by atoms with Crippen LogP contribution in [0.3, 0.4) is 0 Å². The number of nitrogens with one attached hydrogen (secondary N) is 1. The first kappa shape index (κ1) is 35.3. The van der Waals surface area contributed by atoms with E-state index in [-0.39, 0.29) is 43.0 Å². The molecular formula is C36H35ClN2O8. The second-order valence-electron chi connectivity index (χ2n) is 10.2. The molecule has 47 heavy (non-hydrogen) atoms. The van der Waals surface area contributed by atoms with Gasteiger partial charge in [0.25, 0.3) is 0 Å². The predicted molar refractivity (Wildman–Crippen MR) is 178 cm³/mol. The van der Waals surface area contributed by atoms with Crippen LogP contribution >= 0.6 is 11.6 Å². The van der Waals surface area contributed by atoms with Gasteiger partial charge in [-0.1, -0.05) is 84.4 Å². The van der Waals surface area contributed by atoms with Gasteiger partial charge in [0, 0.05) is 52.2 Å². The van der Waals surface area contributed by atoms with Gasteiger partial charge in [-0.05, 0) is 12.1 Å². The molecule has 11 heteroatoms. The van der Waals surface area contributed by atoms with Crippen LogP contribution in [-0.2, 0) is 9.47 Å². The Kier molecular flexibility index (Phi) is 13.1. The van der Waals surface area contributed by atoms with Gasteiger partial charge in [-0.2, -0.15) is 0 Å². The van der Waals surface area contributed by atoms with Crippen LogP contribution in [0.5, 0.6) is 0 Å². The Morgan fingerprint density at radius 2 is 1.00 bits per heavy atom. The van der Waals surface area contributed by atoms with Crippen molar-refractivity contribution in [1.29, 1.82) is 0 Å². The van der Waals surface area contributed by atoms with Crippen molar-refractivity contribution in [2.24, 2.45) is 5.73 Å². The zero-order chi connectivity index (χ0) is 33.8. The van der Waals surface area contributed by atoms with Gasteiger partial charge in [-0.25, -0.2) is 0 Å². The lowest BCUT2D eigenvalue weighted by Crippen LogP contribution is -2.23. The molecule has 0 aliphatic heterocycles. The molecule has 0 unspecified atom stereocenters. The molecule has 5 N–H and O–H groups in total. The zero-order valence-electron chi connectivity index (χ0n) is 25.5. The molecule has 0 aromatic heterocycles. The Balaban J connectivity index is 0.000000182. The molecule has 0 amide bonds. The van der Waals surface area contributed by atoms with Gasteiger partial charge in [0.2, 0.25) is 0 Å². The Morgan fingerprint density at radius 3 is 1.53 bits per heavy atom. The zero-order valence-corrected chi connectivity index (χ0v) is 26.3. The van der Waals surface area contributed by atoms with Crippen molar-refractivity contribution < 1.29 is 38.9 Å². The number of anilines is 1. The maximum atomic E-state index is 12.8. The number of rotatable bonds is 10. The van der Waals surface area contributed by atoms with E-state index in [2.05, 4.69) is 5.32 Å². The van der Waals surface area contributed by atoms with E-state index in [9.17, 15) is 19.2 Å². The van der Waals surface area contributed by atoms with Crippen molar-refractivity contribution in [3.63, 3.8) is 0 Å². The highest BCUT2D eigenvalue weighted by atomic mass is 35.5. The molecule has 0 radical (unpaired) electrons. The van der Waals surface area contributed by atoms with Gasteiger partial charge in [-0.15, -0.1) is 0 Å². The lowest BCUT2D eigenvalue weighted by molar-refractivity contribution is 0.0976. The van der Waals surface area contributed by atoms with Crippen LogP contribution in [0.2, 0.25) is 5.02 Å². The van der Waals surface area contributed by atoms with Gasteiger partial charge < -0.3 is 30.7 Å². The third-order valence-electron chi connectivity index (χ3n) is 7.15. The van der Waals surface area contributed by atoms with Crippen LogP contribution in [-0.4, -0.2) is 86.1 Å². The number of ether oxygens (including phenoxy) is 2. The molecule has 0 saturated heterocycles. The molecule has 0 spiro atoms. The molecule has 0 atom stereocenters. The lowest BCUT2D eigenvalue weighted by Gasteiger charge is -2.20. The minimum atomic E-state index is -0.180. The quantitative estimate of drug-likeness (QED) is 0.158. The molecule has 6 rings (SSSR count). The topological polar surface area (TPSA) is 165 Å². The highest BCUT2D eigenvalue weighted by Crippen LogP contribution is 2.33. The summed E-state index contributed by atoms with van der Waals surface area (Å²) in [5, 5.41) is 20.3. The van der Waals surface area contributed by atoms with Crippen molar-refractivity contribution in [3.8, 4) is 0 Å². The number of aliphatic hydroxyl groups excluding tert-OH is 2. The molecular weight excluding hydrogens is 624 g/mol. The fourth-order valence-corrected chi connectivity index (χ4v) is 5.33. The van der Waals surface area contributed by atoms with Crippen molar-refractivity contribution >= 4 is 40.4 Å². The molecule has 2 aliphatic rings. The monoisotopic (exact) mass is 658 g/mol. The molecule has 4 aromatic carbocycles. The molecule has 10 nitrogen and oxygen atoms in total. The molecule has 4 aromatic rings. The molecule has 244 valence electrons. The summed E-state index contributed by atoms with van der Waals surface area (Å²) in [7, 11) is 0. The first-order valence-electron chi connectivity index (χ1n) is 14.9. The van der Waals surface area contributed by atoms with Crippen molar-refractivity contribution in [1.82, 2.24) is 0 Å². The largest absolute Gasteiger partial charge is 0.394 e. The summed E-state index contributed by atoms with van der Waals surface area (Å²) in [6.45, 7) is 2.70. The third-order valence-corrected chi connectivity index (χ3v) is 7.46. The Labute approximate surface area is 277 Å². The van der Waals surface area contributed by atoms with E-state index < -0.39 is 0 Å². The van der Waals surface area contributed by atoms with Crippen LogP contribution in [0.25, 0.3) is 0 Å². The summed E-state index contributed by atoms with van der Waals surface area (Å²) in [5.41, 5.74) is 9.01. The second-order valence-corrected chi connectivity index (χ2v) is 10.6. The average molecular weight is 659 g/mol. The molecule has 0 fully saturated rings. The van der Waals surface area contributed by atoms with E-state index in [0.717, 1.165) is 0 Å². The second kappa shape index (κ2) is 17.4. The number of ketones is 4. The first-order valence-corrected chi connectivity index (χ1v) is 15.3. The van der Waals surface area contributed by atoms with E-state index in [1.807, 2.05) is 0 Å². The van der Waals surface area contributed by atoms with E-state index in [4.69, 9.17) is 37.0 Å². The number of halogens is 1. The predicted octanol–water partition coefficient (Wildman–Crippen LogP) is 3.95. The molecule has 0 saturated carbocycles. The van der Waals surface area contributed by atoms with Gasteiger partial charge >= 0.3 is 0 Å². The van der Waals surface area contributed by atoms with Crippen molar-refractivity contribution in [3.05, 3.63) is 134 Å². The van der Waals surface area contributed by atoms with Crippen LogP contribution in [0.1, 0.15) is 63.7 Å². The summed E-state index contributed by atoms with van der Waals surface area (Å²) < 4.78 is 9.95. The van der Waals surface area contributed by atoms with Crippen molar-refractivity contribution in [2.75, 3.05) is 58.0 Å². The maximum Gasteiger partial charge on any atom is 0.196 e. The van der Waals surface area contributed by atoms with Crippen LogP contribution in [0.4, 0.5) is 5.69 Å². The highest BCUT2D eigenvalue weighted by molar-refractivity contribution is 6.39. The number of fused-ring (bicyclic) bond motifs is 4. The molecule has 0 heterocycles. The summed E-state index contributed by atoms with van der Waals surface area (Å²) in [6, 6.07) is 23.9. The number of carbonyl (C=O) groups is 4. The number of nitrogens with two attached hydrogens (primary N) is 1. The Morgan fingerprint density at radius 1 is 0.553 bits per heavy atom. The van der Waals surface area contributed by atoms with Crippen LogP contribution in [0.15, 0.2) is 84.9 Å². The van der Waals surface area contributed by atoms with Gasteiger partial charge in [0.15, 0.2) is 23.1 Å². The lowest BCUT2D eigenvalue weighted by atomic mass is 9.83. The van der Waals surface area contributed by atoms with E-state index >= 15 is 0 Å². The maximum absolute atomic E-state index is 12.8. The molecule has 0 bridgehead atoms. The number of benzene rings is 4. The summed E-state index contributed by atoms with van der Waals surface area (Å²) in [5.74, 6) is -0.594. The van der Waals surface area contributed by atoms with Crippen molar-refractivity contribution in [2.45, 2.75) is 0 Å². The van der Waals surface area contributed by atoms with E-state index in [1.165, 1.54) is 0 Å². The fourth-order valence-electron chi connectivity index (χ4n) is 5.07. The fraction of sp³-hybridized carbons (Fsp3) is 0.222. The highest BCUT2D eigenvalue weighted by Gasteiger charge is 2.32. The summed E-state index contributed by atoms with van der Waals surface area (Å²) >= 11 is 6.00. The molecule has 2 aliphatic carbocycles. The minimum absolute atomic E-state index is 0.0233. The first-order chi connectivity index (χ1) is 22.8. The number of carbonyl (C=O) groups excluding carboxylic acids is 4. The number of hydrogen-bond acceptors (Lipinski definition) is 10. The SMILES string of the molecule is NCCOCCO.O=C1c2ccccc2C(=O)c2c(Cl)cccc21.O=C1c2ccccc2C(=O)c2c(NCCOCCO)cccc21. The Bertz CT molecular complexity index is 1750. The van der Waals surface area contributed by atoms with Crippen LogP contribution in [0, 0.1) is 0 Å². The minimum Gasteiger partial charge on any atom is -0.394 e. The van der Waals surface area contributed by atoms with Gasteiger partial charge in [-0.3, -0.25) is 19.2 Å². The average Bonchev–Trinajstić information content (AvgIpc) is 3.10. The van der Waals surface area contributed by atoms with Crippen LogP contribution < -0.4 is 11.1 Å². The number of hydrogen-bond donors (Lipinski definition) is 4. The Hall–Kier alpha value is -4.55. The van der Waals surface area contributed by atoms with Gasteiger partial charge in [0.05, 0.1) is 55.8 Å².